The van der Waals surface area contributed by atoms with Gasteiger partial charge in [-0.2, -0.15) is 0 Å². The molecular weight excluding hydrogens is 324 g/mol. The lowest BCUT2D eigenvalue weighted by Gasteiger charge is -2.33. The SMILES string of the molecule is CCNC(=NCC1CCc2nnc(C)n2C1)N1CCC2(CCCCC2)C1. The largest absolute Gasteiger partial charge is 0.357 e. The van der Waals surface area contributed by atoms with E-state index in [1.807, 2.05) is 0 Å². The van der Waals surface area contributed by atoms with Crippen LogP contribution in [0, 0.1) is 18.3 Å². The number of nitrogens with zero attached hydrogens (tertiary/aromatic N) is 5. The Labute approximate surface area is 157 Å². The van der Waals surface area contributed by atoms with Crippen LogP contribution in [-0.4, -0.2) is 51.8 Å². The number of guanidine groups is 1. The van der Waals surface area contributed by atoms with Gasteiger partial charge in [0, 0.05) is 39.1 Å². The molecule has 1 unspecified atom stereocenters. The smallest absolute Gasteiger partial charge is 0.193 e. The molecule has 1 aliphatic carbocycles. The molecule has 3 heterocycles. The van der Waals surface area contributed by atoms with Crippen molar-refractivity contribution in [2.24, 2.45) is 16.3 Å². The van der Waals surface area contributed by atoms with Gasteiger partial charge in [-0.1, -0.05) is 19.3 Å². The predicted molar refractivity (Wildman–Crippen MR) is 104 cm³/mol. The molecule has 1 saturated heterocycles. The summed E-state index contributed by atoms with van der Waals surface area (Å²) in [5, 5.41) is 12.1. The molecule has 2 aliphatic heterocycles. The van der Waals surface area contributed by atoms with Gasteiger partial charge in [0.15, 0.2) is 5.96 Å². The standard InChI is InChI=1S/C20H34N6/c1-3-21-19(25-12-11-20(15-25)9-5-4-6-10-20)22-13-17-7-8-18-24-23-16(2)26(18)14-17/h17H,3-15H2,1-2H3,(H,21,22). The first-order chi connectivity index (χ1) is 12.7. The van der Waals surface area contributed by atoms with Gasteiger partial charge in [-0.25, -0.2) is 0 Å². The van der Waals surface area contributed by atoms with Gasteiger partial charge in [-0.05, 0) is 50.9 Å². The molecule has 0 radical (unpaired) electrons. The fraction of sp³-hybridized carbons (Fsp3) is 0.850. The number of nitrogens with one attached hydrogen (secondary N) is 1. The van der Waals surface area contributed by atoms with Crippen molar-refractivity contribution in [1.29, 1.82) is 0 Å². The van der Waals surface area contributed by atoms with Crippen LogP contribution in [-0.2, 0) is 13.0 Å². The Morgan fingerprint density at radius 2 is 2.08 bits per heavy atom. The Kier molecular flexibility index (Phi) is 5.18. The summed E-state index contributed by atoms with van der Waals surface area (Å²) in [6.45, 7) is 9.48. The minimum atomic E-state index is 0.577. The molecule has 1 N–H and O–H groups in total. The van der Waals surface area contributed by atoms with Crippen molar-refractivity contribution in [2.45, 2.75) is 71.8 Å². The van der Waals surface area contributed by atoms with E-state index in [-0.39, 0.29) is 0 Å². The maximum atomic E-state index is 5.06. The van der Waals surface area contributed by atoms with Gasteiger partial charge >= 0.3 is 0 Å². The number of aryl methyl sites for hydroxylation is 2. The third kappa shape index (κ3) is 3.60. The minimum Gasteiger partial charge on any atom is -0.357 e. The lowest BCUT2D eigenvalue weighted by molar-refractivity contribution is 0.203. The molecule has 0 amide bonds. The molecule has 4 rings (SSSR count). The second-order valence-electron chi connectivity index (χ2n) is 8.61. The highest BCUT2D eigenvalue weighted by molar-refractivity contribution is 5.80. The first-order valence-corrected chi connectivity index (χ1v) is 10.6. The van der Waals surface area contributed by atoms with Crippen LogP contribution < -0.4 is 5.32 Å². The topological polar surface area (TPSA) is 58.3 Å². The number of fused-ring (bicyclic) bond motifs is 1. The average Bonchev–Trinajstić information content (AvgIpc) is 3.23. The molecule has 144 valence electrons. The van der Waals surface area contributed by atoms with E-state index in [1.54, 1.807) is 0 Å². The first kappa shape index (κ1) is 17.8. The Bertz CT molecular complexity index is 643. The molecule has 0 bridgehead atoms. The molecule has 1 aromatic rings. The van der Waals surface area contributed by atoms with Gasteiger partial charge < -0.3 is 14.8 Å². The quantitative estimate of drug-likeness (QED) is 0.667. The summed E-state index contributed by atoms with van der Waals surface area (Å²) in [5.74, 6) is 3.92. The molecule has 0 aromatic carbocycles. The molecule has 6 nitrogen and oxygen atoms in total. The van der Waals surface area contributed by atoms with E-state index in [0.29, 0.717) is 11.3 Å². The third-order valence-electron chi connectivity index (χ3n) is 6.72. The van der Waals surface area contributed by atoms with Crippen LogP contribution in [0.25, 0.3) is 0 Å². The second kappa shape index (κ2) is 7.57. The lowest BCUT2D eigenvalue weighted by Crippen LogP contribution is -2.42. The molecule has 1 spiro atoms. The molecule has 3 aliphatic rings. The highest BCUT2D eigenvalue weighted by Gasteiger charge is 2.39. The van der Waals surface area contributed by atoms with Crippen molar-refractivity contribution >= 4 is 5.96 Å². The fourth-order valence-corrected chi connectivity index (χ4v) is 5.15. The highest BCUT2D eigenvalue weighted by Crippen LogP contribution is 2.43. The van der Waals surface area contributed by atoms with Crippen molar-refractivity contribution in [3.8, 4) is 0 Å². The molecular formula is C20H34N6. The van der Waals surface area contributed by atoms with Crippen LogP contribution in [0.4, 0.5) is 0 Å². The summed E-state index contributed by atoms with van der Waals surface area (Å²) >= 11 is 0. The lowest BCUT2D eigenvalue weighted by atomic mass is 9.73. The van der Waals surface area contributed by atoms with Crippen LogP contribution in [0.3, 0.4) is 0 Å². The number of hydrogen-bond donors (Lipinski definition) is 1. The van der Waals surface area contributed by atoms with Gasteiger partial charge in [0.2, 0.25) is 0 Å². The molecule has 2 fully saturated rings. The Morgan fingerprint density at radius 3 is 2.88 bits per heavy atom. The van der Waals surface area contributed by atoms with Gasteiger partial charge in [-0.15, -0.1) is 10.2 Å². The van der Waals surface area contributed by atoms with Crippen LogP contribution >= 0.6 is 0 Å². The van der Waals surface area contributed by atoms with Crippen molar-refractivity contribution in [2.75, 3.05) is 26.2 Å². The van der Waals surface area contributed by atoms with Gasteiger partial charge in [0.25, 0.3) is 0 Å². The molecule has 1 saturated carbocycles. The minimum absolute atomic E-state index is 0.577. The van der Waals surface area contributed by atoms with E-state index in [1.165, 1.54) is 58.0 Å². The zero-order valence-corrected chi connectivity index (χ0v) is 16.5. The number of rotatable bonds is 3. The zero-order chi connectivity index (χ0) is 18.0. The van der Waals surface area contributed by atoms with E-state index in [0.717, 1.165) is 43.7 Å². The maximum absolute atomic E-state index is 5.06. The van der Waals surface area contributed by atoms with Crippen molar-refractivity contribution in [3.63, 3.8) is 0 Å². The summed E-state index contributed by atoms with van der Waals surface area (Å²) in [7, 11) is 0. The fourth-order valence-electron chi connectivity index (χ4n) is 5.15. The predicted octanol–water partition coefficient (Wildman–Crippen LogP) is 2.77. The van der Waals surface area contributed by atoms with Gasteiger partial charge in [0.1, 0.15) is 11.6 Å². The molecule has 1 aromatic heterocycles. The summed E-state index contributed by atoms with van der Waals surface area (Å²) in [6.07, 6.45) is 10.7. The third-order valence-corrected chi connectivity index (χ3v) is 6.72. The van der Waals surface area contributed by atoms with Crippen molar-refractivity contribution < 1.29 is 0 Å². The zero-order valence-electron chi connectivity index (χ0n) is 16.5. The van der Waals surface area contributed by atoms with Crippen LogP contribution in [0.2, 0.25) is 0 Å². The van der Waals surface area contributed by atoms with Gasteiger partial charge in [0.05, 0.1) is 0 Å². The summed E-state index contributed by atoms with van der Waals surface area (Å²) in [6, 6.07) is 0. The van der Waals surface area contributed by atoms with Crippen molar-refractivity contribution in [3.05, 3.63) is 11.6 Å². The first-order valence-electron chi connectivity index (χ1n) is 10.6. The average molecular weight is 359 g/mol. The Balaban J connectivity index is 1.40. The molecule has 6 heteroatoms. The van der Waals surface area contributed by atoms with E-state index >= 15 is 0 Å². The van der Waals surface area contributed by atoms with Crippen LogP contribution in [0.1, 0.15) is 63.5 Å². The Hall–Kier alpha value is -1.59. The summed E-state index contributed by atoms with van der Waals surface area (Å²) in [4.78, 5) is 7.60. The number of aliphatic imine (C=N–C) groups is 1. The van der Waals surface area contributed by atoms with E-state index in [4.69, 9.17) is 4.99 Å². The number of hydrogen-bond acceptors (Lipinski definition) is 3. The molecule has 1 atom stereocenters. The Morgan fingerprint density at radius 1 is 1.23 bits per heavy atom. The van der Waals surface area contributed by atoms with Crippen LogP contribution in [0.5, 0.6) is 0 Å². The highest BCUT2D eigenvalue weighted by atomic mass is 15.3. The normalized spacial score (nSPS) is 25.5. The van der Waals surface area contributed by atoms with Crippen LogP contribution in [0.15, 0.2) is 4.99 Å². The number of likely N-dealkylation sites (tertiary alicyclic amines) is 1. The monoisotopic (exact) mass is 358 g/mol. The maximum Gasteiger partial charge on any atom is 0.193 e. The van der Waals surface area contributed by atoms with E-state index in [2.05, 4.69) is 38.8 Å². The second-order valence-corrected chi connectivity index (χ2v) is 8.61. The summed E-state index contributed by atoms with van der Waals surface area (Å²) in [5.41, 5.74) is 0.577. The van der Waals surface area contributed by atoms with Gasteiger partial charge in [-0.3, -0.25) is 4.99 Å². The van der Waals surface area contributed by atoms with E-state index in [9.17, 15) is 0 Å². The number of aromatic nitrogens is 3. The molecule has 26 heavy (non-hydrogen) atoms. The van der Waals surface area contributed by atoms with E-state index < -0.39 is 0 Å². The summed E-state index contributed by atoms with van der Waals surface area (Å²) < 4.78 is 2.28. The van der Waals surface area contributed by atoms with Crippen molar-refractivity contribution in [1.82, 2.24) is 25.0 Å².